The Hall–Kier alpha value is -1.85. The first-order valence-electron chi connectivity index (χ1n) is 8.86. The quantitative estimate of drug-likeness (QED) is 0.916. The maximum absolute atomic E-state index is 13.0. The summed E-state index contributed by atoms with van der Waals surface area (Å²) in [5.41, 5.74) is 2.32. The van der Waals surface area contributed by atoms with Crippen molar-refractivity contribution in [2.45, 2.75) is 50.7 Å². The molecule has 2 unspecified atom stereocenters. The smallest absolute Gasteiger partial charge is 0.257 e. The minimum absolute atomic E-state index is 0.0593. The van der Waals surface area contributed by atoms with Crippen molar-refractivity contribution in [3.63, 3.8) is 0 Å². The van der Waals surface area contributed by atoms with Gasteiger partial charge < -0.3 is 10.2 Å². The molecule has 2 aliphatic heterocycles. The number of aromatic nitrogens is 2. The van der Waals surface area contributed by atoms with Gasteiger partial charge >= 0.3 is 0 Å². The number of nitrogens with zero attached hydrogens (tertiary/aromatic N) is 3. The lowest BCUT2D eigenvalue weighted by Gasteiger charge is -2.35. The lowest BCUT2D eigenvalue weighted by atomic mass is 9.98. The van der Waals surface area contributed by atoms with Gasteiger partial charge in [-0.2, -0.15) is 5.10 Å². The highest BCUT2D eigenvalue weighted by atomic mass is 35.5. The second-order valence-electron chi connectivity index (χ2n) is 7.23. The normalized spacial score (nSPS) is 25.2. The molecular weight excluding hydrogens is 336 g/mol. The summed E-state index contributed by atoms with van der Waals surface area (Å²) in [5, 5.41) is 8.83. The van der Waals surface area contributed by atoms with Crippen molar-refractivity contribution in [3.05, 3.63) is 46.7 Å². The van der Waals surface area contributed by atoms with Crippen LogP contribution in [0.4, 0.5) is 0 Å². The third-order valence-corrected chi connectivity index (χ3v) is 5.79. The zero-order valence-corrected chi connectivity index (χ0v) is 15.3. The van der Waals surface area contributed by atoms with Crippen LogP contribution in [0.1, 0.15) is 41.7 Å². The Morgan fingerprint density at radius 2 is 1.88 bits per heavy atom. The highest BCUT2D eigenvalue weighted by Crippen LogP contribution is 2.30. The van der Waals surface area contributed by atoms with Gasteiger partial charge in [0.25, 0.3) is 5.91 Å². The standard InChI is InChI=1S/C19H23ClN4O/c1-12-18(11-24(22-12)16-7-3-13(20)4-8-16)19(25)23(2)17-9-14-5-6-15(10-17)21-14/h3-4,7-8,11,14-15,17,21H,5-6,9-10H2,1-2H3. The van der Waals surface area contributed by atoms with Crippen LogP contribution in [0.3, 0.4) is 0 Å². The van der Waals surface area contributed by atoms with Gasteiger partial charge in [0, 0.05) is 36.4 Å². The first kappa shape index (κ1) is 16.6. The van der Waals surface area contributed by atoms with Crippen molar-refractivity contribution in [3.8, 4) is 5.69 Å². The van der Waals surface area contributed by atoms with Crippen molar-refractivity contribution >= 4 is 17.5 Å². The predicted molar refractivity (Wildman–Crippen MR) is 98.4 cm³/mol. The highest BCUT2D eigenvalue weighted by molar-refractivity contribution is 6.30. The number of amides is 1. The molecule has 2 saturated heterocycles. The van der Waals surface area contributed by atoms with E-state index in [1.807, 2.05) is 49.3 Å². The molecule has 2 fully saturated rings. The number of piperidine rings is 1. The predicted octanol–water partition coefficient (Wildman–Crippen LogP) is 3.19. The molecule has 0 aliphatic carbocycles. The summed E-state index contributed by atoms with van der Waals surface area (Å²) in [6.45, 7) is 1.89. The second-order valence-corrected chi connectivity index (χ2v) is 7.66. The minimum Gasteiger partial charge on any atom is -0.338 e. The van der Waals surface area contributed by atoms with Crippen molar-refractivity contribution in [2.75, 3.05) is 7.05 Å². The van der Waals surface area contributed by atoms with Crippen LogP contribution < -0.4 is 5.32 Å². The highest BCUT2D eigenvalue weighted by Gasteiger charge is 2.37. The van der Waals surface area contributed by atoms with Gasteiger partial charge in [-0.3, -0.25) is 4.79 Å². The Morgan fingerprint density at radius 1 is 1.24 bits per heavy atom. The van der Waals surface area contributed by atoms with Gasteiger partial charge in [-0.25, -0.2) is 4.68 Å². The summed E-state index contributed by atoms with van der Waals surface area (Å²) in [5.74, 6) is 0.0593. The number of nitrogens with one attached hydrogen (secondary N) is 1. The van der Waals surface area contributed by atoms with E-state index in [4.69, 9.17) is 11.6 Å². The first-order valence-corrected chi connectivity index (χ1v) is 9.24. The van der Waals surface area contributed by atoms with Crippen LogP contribution in [-0.2, 0) is 0 Å². The fourth-order valence-electron chi connectivity index (χ4n) is 4.10. The monoisotopic (exact) mass is 358 g/mol. The van der Waals surface area contributed by atoms with E-state index in [1.54, 1.807) is 4.68 Å². The lowest BCUT2D eigenvalue weighted by molar-refractivity contribution is 0.0681. The van der Waals surface area contributed by atoms with E-state index in [2.05, 4.69) is 10.4 Å². The SMILES string of the molecule is Cc1nn(-c2ccc(Cl)cc2)cc1C(=O)N(C)C1CC2CCC(C1)N2. The zero-order valence-electron chi connectivity index (χ0n) is 14.6. The van der Waals surface area contributed by atoms with E-state index in [0.29, 0.717) is 28.7 Å². The molecule has 0 radical (unpaired) electrons. The molecular formula is C19H23ClN4O. The Labute approximate surface area is 153 Å². The van der Waals surface area contributed by atoms with Crippen LogP contribution in [0.5, 0.6) is 0 Å². The van der Waals surface area contributed by atoms with Crippen molar-refractivity contribution < 1.29 is 4.79 Å². The number of halogens is 1. The van der Waals surface area contributed by atoms with E-state index >= 15 is 0 Å². The molecule has 0 saturated carbocycles. The van der Waals surface area contributed by atoms with Crippen molar-refractivity contribution in [2.24, 2.45) is 0 Å². The first-order chi connectivity index (χ1) is 12.0. The summed E-state index contributed by atoms with van der Waals surface area (Å²) >= 11 is 5.95. The lowest BCUT2D eigenvalue weighted by Crippen LogP contribution is -2.48. The molecule has 2 bridgehead atoms. The number of rotatable bonds is 3. The van der Waals surface area contributed by atoms with Crippen LogP contribution in [-0.4, -0.2) is 45.8 Å². The van der Waals surface area contributed by atoms with E-state index in [-0.39, 0.29) is 5.91 Å². The largest absolute Gasteiger partial charge is 0.338 e. The Bertz CT molecular complexity index is 773. The molecule has 0 spiro atoms. The molecule has 5 nitrogen and oxygen atoms in total. The van der Waals surface area contributed by atoms with Crippen LogP contribution in [0, 0.1) is 6.92 Å². The Balaban J connectivity index is 1.54. The fraction of sp³-hybridized carbons (Fsp3) is 0.474. The van der Waals surface area contributed by atoms with E-state index in [1.165, 1.54) is 12.8 Å². The van der Waals surface area contributed by atoms with Gasteiger partial charge in [0.15, 0.2) is 0 Å². The second kappa shape index (κ2) is 6.46. The molecule has 2 aliphatic rings. The number of fused-ring (bicyclic) bond motifs is 2. The van der Waals surface area contributed by atoms with E-state index in [0.717, 1.165) is 24.2 Å². The Kier molecular flexibility index (Phi) is 4.29. The number of aryl methyl sites for hydroxylation is 1. The maximum Gasteiger partial charge on any atom is 0.257 e. The van der Waals surface area contributed by atoms with Gasteiger partial charge in [0.2, 0.25) is 0 Å². The molecule has 1 aromatic carbocycles. The maximum atomic E-state index is 13.0. The third kappa shape index (κ3) is 3.18. The molecule has 1 amide bonds. The Morgan fingerprint density at radius 3 is 2.52 bits per heavy atom. The topological polar surface area (TPSA) is 50.2 Å². The molecule has 2 aromatic rings. The van der Waals surface area contributed by atoms with Crippen molar-refractivity contribution in [1.29, 1.82) is 0 Å². The summed E-state index contributed by atoms with van der Waals surface area (Å²) in [6.07, 6.45) is 6.38. The van der Waals surface area contributed by atoms with Gasteiger partial charge in [0.1, 0.15) is 0 Å². The third-order valence-electron chi connectivity index (χ3n) is 5.54. The van der Waals surface area contributed by atoms with Gasteiger partial charge in [-0.05, 0) is 56.9 Å². The van der Waals surface area contributed by atoms with E-state index < -0.39 is 0 Å². The van der Waals surface area contributed by atoms with Crippen LogP contribution >= 0.6 is 11.6 Å². The molecule has 132 valence electrons. The molecule has 25 heavy (non-hydrogen) atoms. The number of hydrogen-bond donors (Lipinski definition) is 1. The summed E-state index contributed by atoms with van der Waals surface area (Å²) in [6, 6.07) is 8.89. The minimum atomic E-state index is 0.0593. The number of carbonyl (C=O) groups excluding carboxylic acids is 1. The molecule has 2 atom stereocenters. The number of hydrogen-bond acceptors (Lipinski definition) is 3. The average Bonchev–Trinajstić information content (AvgIpc) is 3.16. The number of carbonyl (C=O) groups is 1. The zero-order chi connectivity index (χ0) is 17.6. The van der Waals surface area contributed by atoms with Gasteiger partial charge in [-0.1, -0.05) is 11.6 Å². The van der Waals surface area contributed by atoms with Crippen LogP contribution in [0.2, 0.25) is 5.02 Å². The van der Waals surface area contributed by atoms with Gasteiger partial charge in [0.05, 0.1) is 16.9 Å². The number of benzene rings is 1. The summed E-state index contributed by atoms with van der Waals surface area (Å²) in [4.78, 5) is 14.9. The molecule has 1 aromatic heterocycles. The average molecular weight is 359 g/mol. The summed E-state index contributed by atoms with van der Waals surface area (Å²) < 4.78 is 1.75. The molecule has 1 N–H and O–H groups in total. The summed E-state index contributed by atoms with van der Waals surface area (Å²) in [7, 11) is 1.93. The fourth-order valence-corrected chi connectivity index (χ4v) is 4.22. The van der Waals surface area contributed by atoms with E-state index in [9.17, 15) is 4.79 Å². The van der Waals surface area contributed by atoms with Crippen LogP contribution in [0.25, 0.3) is 5.69 Å². The molecule has 6 heteroatoms. The molecule has 3 heterocycles. The van der Waals surface area contributed by atoms with Crippen molar-refractivity contribution in [1.82, 2.24) is 20.0 Å². The van der Waals surface area contributed by atoms with Gasteiger partial charge in [-0.15, -0.1) is 0 Å². The van der Waals surface area contributed by atoms with Crippen LogP contribution in [0.15, 0.2) is 30.5 Å². The molecule has 4 rings (SSSR count).